The average Bonchev–Trinajstić information content (AvgIpc) is 3.31. The molecule has 0 aliphatic heterocycles. The smallest absolute Gasteiger partial charge is 0.239 e. The molecule has 2 aliphatic rings. The van der Waals surface area contributed by atoms with E-state index < -0.39 is 0 Å². The molecule has 108 valence electrons. The van der Waals surface area contributed by atoms with Gasteiger partial charge in [0.15, 0.2) is 0 Å². The first-order valence-corrected chi connectivity index (χ1v) is 7.40. The van der Waals surface area contributed by atoms with Crippen molar-refractivity contribution in [1.82, 2.24) is 15.6 Å². The molecule has 20 heavy (non-hydrogen) atoms. The number of amides is 1. The Morgan fingerprint density at radius 1 is 1.35 bits per heavy atom. The summed E-state index contributed by atoms with van der Waals surface area (Å²) < 4.78 is 0. The number of rotatable bonds is 7. The standard InChI is InChI=1S/C15H22N4O/c1-19(10-14(20)18-13-6-7-13)15-11(3-2-8-16-15)9-17-12-4-5-12/h2-3,8,12-13,17H,4-7,9-10H2,1H3,(H,18,20). The minimum atomic E-state index is 0.0850. The van der Waals surface area contributed by atoms with Crippen LogP contribution in [-0.2, 0) is 11.3 Å². The molecule has 1 amide bonds. The van der Waals surface area contributed by atoms with Crippen molar-refractivity contribution in [2.24, 2.45) is 0 Å². The summed E-state index contributed by atoms with van der Waals surface area (Å²) in [5.74, 6) is 0.980. The van der Waals surface area contributed by atoms with Crippen LogP contribution in [0.25, 0.3) is 0 Å². The largest absolute Gasteiger partial charge is 0.352 e. The summed E-state index contributed by atoms with van der Waals surface area (Å²) in [6, 6.07) is 5.11. The van der Waals surface area contributed by atoms with Crippen molar-refractivity contribution in [2.75, 3.05) is 18.5 Å². The van der Waals surface area contributed by atoms with Crippen LogP contribution < -0.4 is 15.5 Å². The van der Waals surface area contributed by atoms with E-state index in [1.807, 2.05) is 18.0 Å². The summed E-state index contributed by atoms with van der Waals surface area (Å²) in [4.78, 5) is 18.2. The van der Waals surface area contributed by atoms with E-state index in [0.717, 1.165) is 30.8 Å². The molecule has 1 aromatic rings. The first-order valence-electron chi connectivity index (χ1n) is 7.40. The number of hydrogen-bond acceptors (Lipinski definition) is 4. The van der Waals surface area contributed by atoms with Gasteiger partial charge < -0.3 is 15.5 Å². The van der Waals surface area contributed by atoms with Gasteiger partial charge in [-0.05, 0) is 31.7 Å². The van der Waals surface area contributed by atoms with Crippen molar-refractivity contribution in [3.8, 4) is 0 Å². The van der Waals surface area contributed by atoms with Gasteiger partial charge in [0.1, 0.15) is 5.82 Å². The number of aromatic nitrogens is 1. The Labute approximate surface area is 119 Å². The zero-order chi connectivity index (χ0) is 13.9. The first-order chi connectivity index (χ1) is 9.72. The molecule has 2 aliphatic carbocycles. The maximum Gasteiger partial charge on any atom is 0.239 e. The number of likely N-dealkylation sites (N-methyl/N-ethyl adjacent to an activating group) is 1. The van der Waals surface area contributed by atoms with Crippen LogP contribution in [0.2, 0.25) is 0 Å². The number of carbonyl (C=O) groups is 1. The second-order valence-corrected chi connectivity index (χ2v) is 5.84. The minimum Gasteiger partial charge on any atom is -0.352 e. The van der Waals surface area contributed by atoms with Crippen LogP contribution >= 0.6 is 0 Å². The van der Waals surface area contributed by atoms with Gasteiger partial charge in [-0.3, -0.25) is 4.79 Å². The Hall–Kier alpha value is -1.62. The lowest BCUT2D eigenvalue weighted by atomic mass is 10.2. The molecule has 5 heteroatoms. The Morgan fingerprint density at radius 3 is 2.80 bits per heavy atom. The van der Waals surface area contributed by atoms with Crippen LogP contribution in [0.15, 0.2) is 18.3 Å². The normalized spacial score (nSPS) is 17.9. The van der Waals surface area contributed by atoms with Gasteiger partial charge in [-0.15, -0.1) is 0 Å². The number of nitrogens with zero attached hydrogens (tertiary/aromatic N) is 2. The molecule has 2 fully saturated rings. The van der Waals surface area contributed by atoms with Crippen molar-refractivity contribution >= 4 is 11.7 Å². The molecule has 5 nitrogen and oxygen atoms in total. The van der Waals surface area contributed by atoms with Crippen molar-refractivity contribution in [3.63, 3.8) is 0 Å². The Balaban J connectivity index is 1.59. The topological polar surface area (TPSA) is 57.3 Å². The zero-order valence-electron chi connectivity index (χ0n) is 11.9. The molecule has 0 radical (unpaired) electrons. The van der Waals surface area contributed by atoms with Gasteiger partial charge in [0.25, 0.3) is 0 Å². The van der Waals surface area contributed by atoms with Gasteiger partial charge in [0.2, 0.25) is 5.91 Å². The van der Waals surface area contributed by atoms with E-state index in [2.05, 4.69) is 21.7 Å². The van der Waals surface area contributed by atoms with Crippen LogP contribution in [-0.4, -0.2) is 36.6 Å². The monoisotopic (exact) mass is 274 g/mol. The molecule has 0 spiro atoms. The second-order valence-electron chi connectivity index (χ2n) is 5.84. The van der Waals surface area contributed by atoms with Gasteiger partial charge in [0.05, 0.1) is 6.54 Å². The molecule has 1 heterocycles. The van der Waals surface area contributed by atoms with Crippen LogP contribution in [0, 0.1) is 0 Å². The van der Waals surface area contributed by atoms with E-state index in [9.17, 15) is 4.79 Å². The van der Waals surface area contributed by atoms with E-state index in [1.54, 1.807) is 6.20 Å². The highest BCUT2D eigenvalue weighted by Crippen LogP contribution is 2.22. The van der Waals surface area contributed by atoms with Gasteiger partial charge in [0, 0.05) is 37.4 Å². The Bertz CT molecular complexity index is 483. The summed E-state index contributed by atoms with van der Waals surface area (Å²) in [6.45, 7) is 1.19. The van der Waals surface area contributed by atoms with E-state index in [0.29, 0.717) is 18.6 Å². The predicted molar refractivity (Wildman–Crippen MR) is 78.5 cm³/mol. The average molecular weight is 274 g/mol. The van der Waals surface area contributed by atoms with Gasteiger partial charge >= 0.3 is 0 Å². The molecule has 2 saturated carbocycles. The number of anilines is 1. The summed E-state index contributed by atoms with van der Waals surface area (Å²) >= 11 is 0. The van der Waals surface area contributed by atoms with E-state index in [4.69, 9.17) is 0 Å². The van der Waals surface area contributed by atoms with E-state index >= 15 is 0 Å². The molecular formula is C15H22N4O. The third kappa shape index (κ3) is 3.70. The number of pyridine rings is 1. The van der Waals surface area contributed by atoms with Crippen LogP contribution in [0.4, 0.5) is 5.82 Å². The molecule has 1 aromatic heterocycles. The molecule has 0 saturated heterocycles. The Morgan fingerprint density at radius 2 is 2.10 bits per heavy atom. The van der Waals surface area contributed by atoms with Crippen LogP contribution in [0.1, 0.15) is 31.2 Å². The van der Waals surface area contributed by atoms with Crippen molar-refractivity contribution in [1.29, 1.82) is 0 Å². The fourth-order valence-electron chi connectivity index (χ4n) is 2.24. The molecule has 3 rings (SSSR count). The third-order valence-electron chi connectivity index (χ3n) is 3.71. The van der Waals surface area contributed by atoms with Gasteiger partial charge in [-0.2, -0.15) is 0 Å². The van der Waals surface area contributed by atoms with E-state index in [-0.39, 0.29) is 5.91 Å². The fraction of sp³-hybridized carbons (Fsp3) is 0.600. The molecule has 0 bridgehead atoms. The summed E-state index contributed by atoms with van der Waals surface area (Å²) in [5.41, 5.74) is 1.15. The lowest BCUT2D eigenvalue weighted by molar-refractivity contribution is -0.119. The number of nitrogens with one attached hydrogen (secondary N) is 2. The van der Waals surface area contributed by atoms with Gasteiger partial charge in [-0.25, -0.2) is 4.98 Å². The maximum absolute atomic E-state index is 11.9. The summed E-state index contributed by atoms with van der Waals surface area (Å²) in [6.07, 6.45) is 6.57. The lowest BCUT2D eigenvalue weighted by Gasteiger charge is -2.20. The number of hydrogen-bond donors (Lipinski definition) is 2. The highest BCUT2D eigenvalue weighted by molar-refractivity contribution is 5.81. The Kier molecular flexibility index (Phi) is 3.87. The molecule has 0 aromatic carbocycles. The highest BCUT2D eigenvalue weighted by Gasteiger charge is 2.24. The maximum atomic E-state index is 11.9. The minimum absolute atomic E-state index is 0.0850. The highest BCUT2D eigenvalue weighted by atomic mass is 16.2. The van der Waals surface area contributed by atoms with Crippen molar-refractivity contribution < 1.29 is 4.79 Å². The van der Waals surface area contributed by atoms with E-state index in [1.165, 1.54) is 12.8 Å². The summed E-state index contributed by atoms with van der Waals surface area (Å²) in [5, 5.41) is 6.51. The van der Waals surface area contributed by atoms with Crippen molar-refractivity contribution in [2.45, 2.75) is 44.3 Å². The second kappa shape index (κ2) is 5.79. The summed E-state index contributed by atoms with van der Waals surface area (Å²) in [7, 11) is 1.93. The lowest BCUT2D eigenvalue weighted by Crippen LogP contribution is -2.37. The van der Waals surface area contributed by atoms with Crippen LogP contribution in [0.3, 0.4) is 0 Å². The number of carbonyl (C=O) groups excluding carboxylic acids is 1. The SMILES string of the molecule is CN(CC(=O)NC1CC1)c1ncccc1CNC1CC1. The predicted octanol–water partition coefficient (Wildman–Crippen LogP) is 1.05. The van der Waals surface area contributed by atoms with Crippen LogP contribution in [0.5, 0.6) is 0 Å². The molecule has 0 unspecified atom stereocenters. The third-order valence-corrected chi connectivity index (χ3v) is 3.71. The fourth-order valence-corrected chi connectivity index (χ4v) is 2.24. The molecular weight excluding hydrogens is 252 g/mol. The quantitative estimate of drug-likeness (QED) is 0.780. The molecule has 2 N–H and O–H groups in total. The first kappa shape index (κ1) is 13.4. The van der Waals surface area contributed by atoms with Gasteiger partial charge in [-0.1, -0.05) is 6.07 Å². The van der Waals surface area contributed by atoms with Crippen molar-refractivity contribution in [3.05, 3.63) is 23.9 Å². The zero-order valence-corrected chi connectivity index (χ0v) is 11.9. The molecule has 0 atom stereocenters.